The number of nitrogen functional groups attached to an aromatic ring is 2. The summed E-state index contributed by atoms with van der Waals surface area (Å²) >= 11 is 1.74. The highest BCUT2D eigenvalue weighted by Crippen LogP contribution is 2.38. The van der Waals surface area contributed by atoms with E-state index in [9.17, 15) is 0 Å². The molecule has 27 heavy (non-hydrogen) atoms. The van der Waals surface area contributed by atoms with Crippen LogP contribution in [0.2, 0.25) is 0 Å². The number of aromatic amines is 1. The number of nitrogens with one attached hydrogen (secondary N) is 2. The highest BCUT2D eigenvalue weighted by Gasteiger charge is 2.12. The molecule has 0 unspecified atom stereocenters. The van der Waals surface area contributed by atoms with Gasteiger partial charge < -0.3 is 16.8 Å². The summed E-state index contributed by atoms with van der Waals surface area (Å²) in [7, 11) is 0. The molecule has 0 radical (unpaired) electrons. The fraction of sp³-hybridized carbons (Fsp3) is 0. The molecule has 3 aromatic heterocycles. The quantitative estimate of drug-likeness (QED) is 0.377. The zero-order valence-electron chi connectivity index (χ0n) is 14.1. The molecule has 2 aromatic carbocycles. The van der Waals surface area contributed by atoms with E-state index in [0.29, 0.717) is 11.6 Å². The topological polar surface area (TPSA) is 119 Å². The first kappa shape index (κ1) is 15.6. The zero-order valence-corrected chi connectivity index (χ0v) is 14.9. The second-order valence-corrected chi connectivity index (χ2v) is 7.25. The molecule has 0 amide bonds. The molecule has 0 bridgehead atoms. The minimum Gasteiger partial charge on any atom is -0.394 e. The van der Waals surface area contributed by atoms with E-state index in [1.165, 1.54) is 16.3 Å². The first-order valence-corrected chi connectivity index (χ1v) is 9.10. The van der Waals surface area contributed by atoms with Crippen LogP contribution in [0, 0.1) is 0 Å². The Hall–Kier alpha value is -3.65. The molecule has 0 atom stereocenters. The molecule has 0 aliphatic heterocycles. The average molecular weight is 373 g/mol. The van der Waals surface area contributed by atoms with Gasteiger partial charge in [0.15, 0.2) is 5.82 Å². The molecule has 0 aliphatic rings. The smallest absolute Gasteiger partial charge is 0.229 e. The Balaban J connectivity index is 1.63. The minimum atomic E-state index is 0.251. The largest absolute Gasteiger partial charge is 0.394 e. The maximum atomic E-state index is 5.78. The number of hydrogen-bond acceptors (Lipinski definition) is 7. The number of H-pyrrole nitrogens is 1. The molecule has 8 heteroatoms. The second kappa shape index (κ2) is 5.96. The first-order chi connectivity index (χ1) is 13.2. The van der Waals surface area contributed by atoms with Gasteiger partial charge in [0, 0.05) is 26.2 Å². The highest BCUT2D eigenvalue weighted by molar-refractivity contribution is 7.22. The Labute approximate surface area is 158 Å². The Morgan fingerprint density at radius 1 is 1.00 bits per heavy atom. The number of anilines is 4. The molecule has 0 saturated carbocycles. The summed E-state index contributed by atoms with van der Waals surface area (Å²) in [5.41, 5.74) is 14.7. The fourth-order valence-electron chi connectivity index (χ4n) is 3.03. The van der Waals surface area contributed by atoms with E-state index in [0.717, 1.165) is 27.0 Å². The third-order valence-electron chi connectivity index (χ3n) is 4.34. The van der Waals surface area contributed by atoms with Gasteiger partial charge in [-0.3, -0.25) is 5.10 Å². The number of nitrogens with two attached hydrogens (primary N) is 2. The van der Waals surface area contributed by atoms with Crippen LogP contribution in [0.1, 0.15) is 0 Å². The molecule has 0 fully saturated rings. The summed E-state index contributed by atoms with van der Waals surface area (Å²) < 4.78 is 1.24. The number of nitrogens with zero attached hydrogens (tertiary/aromatic N) is 3. The summed E-state index contributed by atoms with van der Waals surface area (Å²) in [6.45, 7) is 0. The van der Waals surface area contributed by atoms with Crippen LogP contribution >= 0.6 is 11.3 Å². The minimum absolute atomic E-state index is 0.251. The Morgan fingerprint density at radius 3 is 2.74 bits per heavy atom. The predicted octanol–water partition coefficient (Wildman–Crippen LogP) is 4.14. The summed E-state index contributed by atoms with van der Waals surface area (Å²) in [5.74, 6) is 0.647. The van der Waals surface area contributed by atoms with Crippen LogP contribution in [-0.2, 0) is 0 Å². The Morgan fingerprint density at radius 2 is 1.89 bits per heavy atom. The van der Waals surface area contributed by atoms with E-state index < -0.39 is 0 Å². The molecule has 5 rings (SSSR count). The number of aromatic nitrogens is 4. The van der Waals surface area contributed by atoms with Gasteiger partial charge in [0.2, 0.25) is 5.95 Å². The third kappa shape index (κ3) is 2.72. The van der Waals surface area contributed by atoms with Crippen molar-refractivity contribution in [2.24, 2.45) is 0 Å². The van der Waals surface area contributed by atoms with E-state index in [-0.39, 0.29) is 5.82 Å². The van der Waals surface area contributed by atoms with Crippen LogP contribution in [0.25, 0.3) is 31.4 Å². The van der Waals surface area contributed by atoms with Crippen molar-refractivity contribution in [2.45, 2.75) is 0 Å². The second-order valence-electron chi connectivity index (χ2n) is 6.17. The fourth-order valence-corrected chi connectivity index (χ4v) is 4.12. The molecule has 0 aliphatic carbocycles. The van der Waals surface area contributed by atoms with E-state index in [2.05, 4.69) is 55.8 Å². The summed E-state index contributed by atoms with van der Waals surface area (Å²) in [6.07, 6.45) is 3.30. The van der Waals surface area contributed by atoms with Crippen molar-refractivity contribution in [3.63, 3.8) is 0 Å². The van der Waals surface area contributed by atoms with Crippen LogP contribution in [0.4, 0.5) is 23.1 Å². The standard InChI is InChI=1S/C19H15N7S/c20-14-9-22-19(25-18(14)21)24-12-5-11-8-23-26-17(11)13(7-12)16-6-10-3-1-2-4-15(10)27-16/h1-9H,20H2,(H,23,26)(H3,21,22,24,25). The van der Waals surface area contributed by atoms with Crippen molar-refractivity contribution in [3.05, 3.63) is 54.9 Å². The predicted molar refractivity (Wildman–Crippen MR) is 111 cm³/mol. The van der Waals surface area contributed by atoms with Crippen molar-refractivity contribution < 1.29 is 0 Å². The van der Waals surface area contributed by atoms with Gasteiger partial charge in [-0.15, -0.1) is 11.3 Å². The maximum Gasteiger partial charge on any atom is 0.229 e. The van der Waals surface area contributed by atoms with Crippen LogP contribution in [0.5, 0.6) is 0 Å². The molecule has 7 nitrogen and oxygen atoms in total. The van der Waals surface area contributed by atoms with Crippen LogP contribution < -0.4 is 16.8 Å². The third-order valence-corrected chi connectivity index (χ3v) is 5.49. The Bertz CT molecular complexity index is 1250. The number of benzene rings is 2. The first-order valence-electron chi connectivity index (χ1n) is 8.28. The molecular weight excluding hydrogens is 358 g/mol. The summed E-state index contributed by atoms with van der Waals surface area (Å²) in [6, 6.07) is 14.6. The summed E-state index contributed by atoms with van der Waals surface area (Å²) in [5, 5.41) is 12.7. The molecule has 0 saturated heterocycles. The lowest BCUT2D eigenvalue weighted by Gasteiger charge is -2.09. The molecule has 0 spiro atoms. The number of fused-ring (bicyclic) bond motifs is 2. The number of rotatable bonds is 3. The lowest BCUT2D eigenvalue weighted by atomic mass is 10.1. The van der Waals surface area contributed by atoms with Gasteiger partial charge in [-0.25, -0.2) is 4.98 Å². The van der Waals surface area contributed by atoms with E-state index in [1.54, 1.807) is 17.5 Å². The van der Waals surface area contributed by atoms with Crippen molar-refractivity contribution in [1.29, 1.82) is 0 Å². The van der Waals surface area contributed by atoms with Crippen molar-refractivity contribution >= 4 is 55.5 Å². The number of thiophene rings is 1. The van der Waals surface area contributed by atoms with Crippen LogP contribution in [0.3, 0.4) is 0 Å². The van der Waals surface area contributed by atoms with Gasteiger partial charge in [0.1, 0.15) is 0 Å². The molecular formula is C19H15N7S. The lowest BCUT2D eigenvalue weighted by Crippen LogP contribution is -2.03. The number of hydrogen-bond donors (Lipinski definition) is 4. The molecule has 5 aromatic rings. The zero-order chi connectivity index (χ0) is 18.4. The van der Waals surface area contributed by atoms with Crippen molar-refractivity contribution in [1.82, 2.24) is 20.2 Å². The average Bonchev–Trinajstić information content (AvgIpc) is 3.30. The van der Waals surface area contributed by atoms with Gasteiger partial charge in [-0.1, -0.05) is 18.2 Å². The van der Waals surface area contributed by atoms with E-state index in [4.69, 9.17) is 11.5 Å². The lowest BCUT2D eigenvalue weighted by molar-refractivity contribution is 1.12. The molecule has 6 N–H and O–H groups in total. The highest BCUT2D eigenvalue weighted by atomic mass is 32.1. The molecule has 3 heterocycles. The Kier molecular flexibility index (Phi) is 3.44. The maximum absolute atomic E-state index is 5.78. The van der Waals surface area contributed by atoms with Crippen molar-refractivity contribution in [2.75, 3.05) is 16.8 Å². The molecule has 132 valence electrons. The van der Waals surface area contributed by atoms with Gasteiger partial charge in [0.25, 0.3) is 0 Å². The van der Waals surface area contributed by atoms with Gasteiger partial charge in [0.05, 0.1) is 23.6 Å². The SMILES string of the molecule is Nc1cnc(Nc2cc(-c3cc4ccccc4s3)c3[nH]ncc3c2)nc1N. The van der Waals surface area contributed by atoms with Gasteiger partial charge in [-0.2, -0.15) is 10.1 Å². The van der Waals surface area contributed by atoms with Crippen molar-refractivity contribution in [3.8, 4) is 10.4 Å². The van der Waals surface area contributed by atoms with E-state index in [1.807, 2.05) is 12.1 Å². The van der Waals surface area contributed by atoms with Gasteiger partial charge >= 0.3 is 0 Å². The summed E-state index contributed by atoms with van der Waals surface area (Å²) in [4.78, 5) is 9.53. The van der Waals surface area contributed by atoms with Gasteiger partial charge in [-0.05, 0) is 29.7 Å². The van der Waals surface area contributed by atoms with Crippen LogP contribution in [0.15, 0.2) is 54.9 Å². The monoisotopic (exact) mass is 373 g/mol. The van der Waals surface area contributed by atoms with E-state index >= 15 is 0 Å². The van der Waals surface area contributed by atoms with Crippen LogP contribution in [-0.4, -0.2) is 20.2 Å². The normalized spacial score (nSPS) is 11.3.